The third-order valence-corrected chi connectivity index (χ3v) is 5.45. The number of rotatable bonds is 3. The summed E-state index contributed by atoms with van der Waals surface area (Å²) in [6.45, 7) is 0.713. The Balaban J connectivity index is 0.000000360. The van der Waals surface area contributed by atoms with Crippen molar-refractivity contribution in [3.05, 3.63) is 60.4 Å². The zero-order valence-electron chi connectivity index (χ0n) is 17.0. The molecule has 2 aromatic rings. The van der Waals surface area contributed by atoms with E-state index in [4.69, 9.17) is 9.90 Å². The molecule has 2 aliphatic heterocycles. The van der Waals surface area contributed by atoms with Gasteiger partial charge in [-0.25, -0.2) is 4.79 Å². The number of carbonyl (C=O) groups excluding carboxylic acids is 2. The van der Waals surface area contributed by atoms with Crippen molar-refractivity contribution in [3.63, 3.8) is 0 Å². The monoisotopic (exact) mass is 449 g/mol. The van der Waals surface area contributed by atoms with E-state index in [9.17, 15) is 22.8 Å². The molecule has 4 rings (SSSR count). The van der Waals surface area contributed by atoms with Crippen molar-refractivity contribution < 1.29 is 32.7 Å². The zero-order valence-corrected chi connectivity index (χ0v) is 17.0. The van der Waals surface area contributed by atoms with Gasteiger partial charge in [-0.1, -0.05) is 30.3 Å². The first-order chi connectivity index (χ1) is 15.2. The first kappa shape index (κ1) is 23.2. The number of amides is 2. The van der Waals surface area contributed by atoms with E-state index in [1.54, 1.807) is 12.4 Å². The summed E-state index contributed by atoms with van der Waals surface area (Å²) in [4.78, 5) is 42.2. The summed E-state index contributed by atoms with van der Waals surface area (Å²) in [6.07, 6.45) is 0.831. The molecule has 1 aromatic carbocycles. The molecule has 0 aliphatic carbocycles. The highest BCUT2D eigenvalue weighted by Gasteiger charge is 2.45. The molecular formula is C22H22F3N3O4. The lowest BCUT2D eigenvalue weighted by Crippen LogP contribution is -2.53. The molecule has 32 heavy (non-hydrogen) atoms. The number of alkyl halides is 3. The Bertz CT molecular complexity index is 954. The number of anilines is 1. The van der Waals surface area contributed by atoms with Crippen molar-refractivity contribution in [1.29, 1.82) is 0 Å². The minimum atomic E-state index is -5.08. The second-order valence-electron chi connectivity index (χ2n) is 7.49. The smallest absolute Gasteiger partial charge is 0.475 e. The molecule has 2 aliphatic rings. The van der Waals surface area contributed by atoms with Crippen molar-refractivity contribution >= 4 is 23.5 Å². The fourth-order valence-corrected chi connectivity index (χ4v) is 4.08. The van der Waals surface area contributed by atoms with Gasteiger partial charge in [0, 0.05) is 19.2 Å². The van der Waals surface area contributed by atoms with Gasteiger partial charge >= 0.3 is 12.1 Å². The van der Waals surface area contributed by atoms with Crippen molar-refractivity contribution in [3.8, 4) is 0 Å². The van der Waals surface area contributed by atoms with Gasteiger partial charge < -0.3 is 14.9 Å². The minimum Gasteiger partial charge on any atom is -0.475 e. The number of nitrogens with zero attached hydrogens (tertiary/aromatic N) is 3. The SMILES string of the molecule is O=C(Cc1ccccc1)N1CC[C@H]2[C@@H]1CCC(=O)N2c1cccnc1.O=C(O)C(F)(F)F. The van der Waals surface area contributed by atoms with Crippen LogP contribution in [0.3, 0.4) is 0 Å². The normalized spacial score (nSPS) is 20.3. The largest absolute Gasteiger partial charge is 0.490 e. The lowest BCUT2D eigenvalue weighted by Gasteiger charge is -2.39. The number of halogens is 3. The van der Waals surface area contributed by atoms with E-state index in [0.717, 1.165) is 24.1 Å². The van der Waals surface area contributed by atoms with Crippen LogP contribution in [-0.4, -0.2) is 57.6 Å². The van der Waals surface area contributed by atoms with Crippen molar-refractivity contribution in [2.45, 2.75) is 43.9 Å². The minimum absolute atomic E-state index is 0.0603. The van der Waals surface area contributed by atoms with Crippen LogP contribution in [0.15, 0.2) is 54.9 Å². The molecule has 7 nitrogen and oxygen atoms in total. The van der Waals surface area contributed by atoms with E-state index in [1.165, 1.54) is 0 Å². The molecule has 2 atom stereocenters. The number of fused-ring (bicyclic) bond motifs is 1. The number of hydrogen-bond donors (Lipinski definition) is 1. The maximum absolute atomic E-state index is 12.8. The predicted octanol–water partition coefficient (Wildman–Crippen LogP) is 3.05. The highest BCUT2D eigenvalue weighted by molar-refractivity contribution is 5.95. The fraction of sp³-hybridized carbons (Fsp3) is 0.364. The quantitative estimate of drug-likeness (QED) is 0.778. The molecule has 0 bridgehead atoms. The number of piperidine rings is 1. The predicted molar refractivity (Wildman–Crippen MR) is 109 cm³/mol. The van der Waals surface area contributed by atoms with Crippen LogP contribution in [0.4, 0.5) is 18.9 Å². The lowest BCUT2D eigenvalue weighted by atomic mass is 9.95. The van der Waals surface area contributed by atoms with Crippen molar-refractivity contribution in [2.75, 3.05) is 11.4 Å². The second kappa shape index (κ2) is 9.80. The van der Waals surface area contributed by atoms with Gasteiger partial charge in [0.25, 0.3) is 0 Å². The van der Waals surface area contributed by atoms with Gasteiger partial charge in [0.15, 0.2) is 0 Å². The average Bonchev–Trinajstić information content (AvgIpc) is 3.19. The summed E-state index contributed by atoms with van der Waals surface area (Å²) in [5.41, 5.74) is 1.87. The Hall–Kier alpha value is -3.43. The lowest BCUT2D eigenvalue weighted by molar-refractivity contribution is -0.192. The van der Waals surface area contributed by atoms with Gasteiger partial charge in [0.1, 0.15) is 0 Å². The van der Waals surface area contributed by atoms with Gasteiger partial charge in [0.05, 0.1) is 30.4 Å². The van der Waals surface area contributed by atoms with Crippen LogP contribution in [0, 0.1) is 0 Å². The molecule has 2 fully saturated rings. The molecule has 2 saturated heterocycles. The number of pyridine rings is 1. The number of carbonyl (C=O) groups is 3. The van der Waals surface area contributed by atoms with E-state index >= 15 is 0 Å². The molecule has 170 valence electrons. The van der Waals surface area contributed by atoms with E-state index in [2.05, 4.69) is 4.98 Å². The second-order valence-corrected chi connectivity index (χ2v) is 7.49. The van der Waals surface area contributed by atoms with Gasteiger partial charge in [0.2, 0.25) is 11.8 Å². The van der Waals surface area contributed by atoms with Gasteiger partial charge in [-0.15, -0.1) is 0 Å². The van der Waals surface area contributed by atoms with Crippen LogP contribution in [0.5, 0.6) is 0 Å². The number of aliphatic carboxylic acids is 1. The van der Waals surface area contributed by atoms with Crippen LogP contribution in [0.2, 0.25) is 0 Å². The number of carboxylic acid groups (broad SMARTS) is 1. The maximum Gasteiger partial charge on any atom is 0.490 e. The van der Waals surface area contributed by atoms with Crippen LogP contribution in [-0.2, 0) is 20.8 Å². The molecule has 1 N–H and O–H groups in total. The Labute approximate surface area is 182 Å². The summed E-state index contributed by atoms with van der Waals surface area (Å²) in [7, 11) is 0. The number of benzene rings is 1. The van der Waals surface area contributed by atoms with E-state index in [-0.39, 0.29) is 23.9 Å². The summed E-state index contributed by atoms with van der Waals surface area (Å²) in [6, 6.07) is 13.8. The Morgan fingerprint density at radius 3 is 2.34 bits per heavy atom. The first-order valence-corrected chi connectivity index (χ1v) is 10.0. The van der Waals surface area contributed by atoms with Crippen LogP contribution >= 0.6 is 0 Å². The Morgan fingerprint density at radius 2 is 1.75 bits per heavy atom. The molecule has 1 aromatic heterocycles. The molecule has 0 unspecified atom stereocenters. The van der Waals surface area contributed by atoms with Crippen LogP contribution in [0.1, 0.15) is 24.8 Å². The summed E-state index contributed by atoms with van der Waals surface area (Å²) >= 11 is 0. The molecule has 0 spiro atoms. The maximum atomic E-state index is 12.8. The number of carboxylic acids is 1. The molecule has 0 saturated carbocycles. The topological polar surface area (TPSA) is 90.8 Å². The number of likely N-dealkylation sites (tertiary alicyclic amines) is 1. The standard InChI is InChI=1S/C20H21N3O2.C2HF3O2/c24-19-9-8-17-18(23(19)16-7-4-11-21-14-16)10-12-22(17)20(25)13-15-5-2-1-3-6-15;3-2(4,5)1(6)7/h1-7,11,14,17-18H,8-10,12-13H2;(H,6,7)/t17-,18-;/m0./s1. The highest BCUT2D eigenvalue weighted by atomic mass is 19.4. The number of aromatic nitrogens is 1. The van der Waals surface area contributed by atoms with Crippen molar-refractivity contribution in [1.82, 2.24) is 9.88 Å². The van der Waals surface area contributed by atoms with Gasteiger partial charge in [-0.2, -0.15) is 13.2 Å². The average molecular weight is 449 g/mol. The third-order valence-electron chi connectivity index (χ3n) is 5.45. The number of hydrogen-bond acceptors (Lipinski definition) is 4. The van der Waals surface area contributed by atoms with Crippen LogP contribution in [0.25, 0.3) is 0 Å². The molecule has 10 heteroatoms. The highest BCUT2D eigenvalue weighted by Crippen LogP contribution is 2.34. The van der Waals surface area contributed by atoms with Crippen molar-refractivity contribution in [2.24, 2.45) is 0 Å². The fourth-order valence-electron chi connectivity index (χ4n) is 4.08. The van der Waals surface area contributed by atoms with E-state index in [0.29, 0.717) is 19.4 Å². The summed E-state index contributed by atoms with van der Waals surface area (Å²) in [5.74, 6) is -2.47. The first-order valence-electron chi connectivity index (χ1n) is 10.0. The van der Waals surface area contributed by atoms with E-state index in [1.807, 2.05) is 52.3 Å². The molecular weight excluding hydrogens is 427 g/mol. The Kier molecular flexibility index (Phi) is 7.12. The van der Waals surface area contributed by atoms with Crippen LogP contribution < -0.4 is 4.90 Å². The summed E-state index contributed by atoms with van der Waals surface area (Å²) in [5, 5.41) is 7.12. The Morgan fingerprint density at radius 1 is 1.06 bits per heavy atom. The van der Waals surface area contributed by atoms with Gasteiger partial charge in [-0.05, 0) is 30.5 Å². The molecule has 3 heterocycles. The van der Waals surface area contributed by atoms with E-state index < -0.39 is 12.1 Å². The summed E-state index contributed by atoms with van der Waals surface area (Å²) < 4.78 is 31.7. The third kappa shape index (κ3) is 5.43. The zero-order chi connectivity index (χ0) is 23.3. The van der Waals surface area contributed by atoms with Gasteiger partial charge in [-0.3, -0.25) is 14.6 Å². The molecule has 2 amide bonds. The molecule has 0 radical (unpaired) electrons.